The Bertz CT molecular complexity index is 766. The van der Waals surface area contributed by atoms with Crippen LogP contribution in [0.2, 0.25) is 0 Å². The zero-order valence-electron chi connectivity index (χ0n) is 11.5. The minimum Gasteiger partial charge on any atom is -0.462 e. The van der Waals surface area contributed by atoms with Crippen molar-refractivity contribution in [2.45, 2.75) is 13.0 Å². The van der Waals surface area contributed by atoms with Crippen molar-refractivity contribution in [2.75, 3.05) is 11.9 Å². The van der Waals surface area contributed by atoms with Crippen LogP contribution in [-0.4, -0.2) is 28.5 Å². The highest BCUT2D eigenvalue weighted by Crippen LogP contribution is 2.51. The molecule has 21 heavy (non-hydrogen) atoms. The quantitative estimate of drug-likeness (QED) is 0.693. The fourth-order valence-electron chi connectivity index (χ4n) is 2.75. The van der Waals surface area contributed by atoms with E-state index in [9.17, 15) is 4.79 Å². The molecule has 4 rings (SSSR count). The summed E-state index contributed by atoms with van der Waals surface area (Å²) in [5.74, 6) is 0.469. The summed E-state index contributed by atoms with van der Waals surface area (Å²) in [5, 5.41) is 3.27. The van der Waals surface area contributed by atoms with Crippen LogP contribution in [0.4, 0.5) is 11.5 Å². The summed E-state index contributed by atoms with van der Waals surface area (Å²) in [6.07, 6.45) is 3.48. The van der Waals surface area contributed by atoms with Crippen LogP contribution in [-0.2, 0) is 4.74 Å². The molecule has 0 radical (unpaired) electrons. The molecule has 1 unspecified atom stereocenters. The van der Waals surface area contributed by atoms with Crippen LogP contribution in [0.15, 0.2) is 36.5 Å². The number of esters is 1. The van der Waals surface area contributed by atoms with E-state index in [0.717, 1.165) is 11.5 Å². The number of nitrogens with one attached hydrogen (secondary N) is 1. The average molecular weight is 280 g/mol. The van der Waals surface area contributed by atoms with Gasteiger partial charge in [0.1, 0.15) is 17.9 Å². The molecule has 104 valence electrons. The Labute approximate surface area is 121 Å². The van der Waals surface area contributed by atoms with E-state index >= 15 is 0 Å². The van der Waals surface area contributed by atoms with Gasteiger partial charge < -0.3 is 4.74 Å². The van der Waals surface area contributed by atoms with E-state index in [1.54, 1.807) is 19.2 Å². The van der Waals surface area contributed by atoms with Gasteiger partial charge in [-0.3, -0.25) is 5.32 Å². The van der Waals surface area contributed by atoms with E-state index < -0.39 is 0 Å². The molecule has 1 aliphatic heterocycles. The normalized spacial score (nSPS) is 17.4. The van der Waals surface area contributed by atoms with Gasteiger partial charge in [0.25, 0.3) is 5.82 Å². The van der Waals surface area contributed by atoms with Crippen LogP contribution in [0.25, 0.3) is 0 Å². The lowest BCUT2D eigenvalue weighted by atomic mass is 10.3. The third-order valence-electron chi connectivity index (χ3n) is 3.79. The molecule has 2 aliphatic rings. The predicted molar refractivity (Wildman–Crippen MR) is 78.1 cm³/mol. The van der Waals surface area contributed by atoms with Gasteiger partial charge in [0, 0.05) is 17.2 Å². The number of ether oxygens (including phenoxy) is 1. The fraction of sp³-hybridized carbons (Fsp3) is 0.188. The molecule has 2 aromatic rings. The minimum absolute atomic E-state index is 0.275. The largest absolute Gasteiger partial charge is 0.462 e. The van der Waals surface area contributed by atoms with Gasteiger partial charge in [-0.25, -0.2) is 9.37 Å². The van der Waals surface area contributed by atoms with Crippen molar-refractivity contribution in [3.05, 3.63) is 53.2 Å². The first kappa shape index (κ1) is 12.1. The first-order valence-electron chi connectivity index (χ1n) is 6.94. The topological polar surface area (TPSA) is 54.2 Å². The van der Waals surface area contributed by atoms with Crippen molar-refractivity contribution >= 4 is 23.8 Å². The number of carbonyl (C=O) groups excluding carboxylic acids is 1. The third-order valence-corrected chi connectivity index (χ3v) is 3.79. The summed E-state index contributed by atoms with van der Waals surface area (Å²) in [6.45, 7) is 2.15. The maximum atomic E-state index is 11.6. The van der Waals surface area contributed by atoms with Crippen LogP contribution in [0.3, 0.4) is 0 Å². The minimum atomic E-state index is -0.339. The Kier molecular flexibility index (Phi) is 2.54. The fourth-order valence-corrected chi connectivity index (χ4v) is 2.75. The number of anilines is 1. The first-order chi connectivity index (χ1) is 10.3. The number of fused-ring (bicyclic) bond motifs is 1. The number of rotatable bonds is 3. The number of hydrogen-bond donors (Lipinski definition) is 1. The highest BCUT2D eigenvalue weighted by atomic mass is 16.5. The van der Waals surface area contributed by atoms with Gasteiger partial charge in [-0.2, -0.15) is 0 Å². The maximum absolute atomic E-state index is 11.6. The van der Waals surface area contributed by atoms with Gasteiger partial charge in [0.05, 0.1) is 12.2 Å². The molecule has 1 atom stereocenters. The van der Waals surface area contributed by atoms with Crippen molar-refractivity contribution in [1.82, 2.24) is 4.98 Å². The summed E-state index contributed by atoms with van der Waals surface area (Å²) in [7, 11) is 0. The molecule has 0 spiro atoms. The number of hydrogen-bond acceptors (Lipinski definition) is 4. The smallest absolute Gasteiger partial charge is 0.341 e. The van der Waals surface area contributed by atoms with E-state index in [1.165, 1.54) is 11.1 Å². The molecule has 0 saturated heterocycles. The Morgan fingerprint density at radius 3 is 3.05 bits per heavy atom. The number of aromatic nitrogens is 1. The van der Waals surface area contributed by atoms with Gasteiger partial charge in [-0.05, 0) is 19.1 Å². The third kappa shape index (κ3) is 1.81. The maximum Gasteiger partial charge on any atom is 0.341 e. The van der Waals surface area contributed by atoms with Crippen LogP contribution >= 0.6 is 0 Å². The lowest BCUT2D eigenvalue weighted by molar-refractivity contribution is -0.465. The molecule has 5 nitrogen and oxygen atoms in total. The molecule has 5 heteroatoms. The summed E-state index contributed by atoms with van der Waals surface area (Å²) in [5.41, 5.74) is 4.29. The van der Waals surface area contributed by atoms with Crippen molar-refractivity contribution < 1.29 is 14.1 Å². The van der Waals surface area contributed by atoms with Crippen LogP contribution in [0, 0.1) is 0 Å². The molecular formula is C16H14N3O2+. The lowest BCUT2D eigenvalue weighted by Gasteiger charge is -2.09. The lowest BCUT2D eigenvalue weighted by Crippen LogP contribution is -2.16. The van der Waals surface area contributed by atoms with Gasteiger partial charge in [0.2, 0.25) is 0 Å². The molecule has 1 aromatic heterocycles. The van der Waals surface area contributed by atoms with E-state index in [4.69, 9.17) is 4.74 Å². The zero-order valence-corrected chi connectivity index (χ0v) is 11.5. The van der Waals surface area contributed by atoms with Crippen molar-refractivity contribution in [1.29, 1.82) is 0 Å². The summed E-state index contributed by atoms with van der Waals surface area (Å²) >= 11 is 0. The van der Waals surface area contributed by atoms with Gasteiger partial charge >= 0.3 is 5.97 Å². The van der Waals surface area contributed by atoms with Crippen LogP contribution in [0.1, 0.15) is 34.5 Å². The Morgan fingerprint density at radius 1 is 1.38 bits per heavy atom. The van der Waals surface area contributed by atoms with E-state index in [-0.39, 0.29) is 12.0 Å². The van der Waals surface area contributed by atoms with Crippen LogP contribution < -0.4 is 5.32 Å². The second-order valence-corrected chi connectivity index (χ2v) is 5.02. The van der Waals surface area contributed by atoms with Gasteiger partial charge in [-0.1, -0.05) is 12.1 Å². The monoisotopic (exact) mass is 280 g/mol. The number of nitrogens with zero attached hydrogens (tertiary/aromatic N) is 2. The van der Waals surface area contributed by atoms with Crippen molar-refractivity contribution in [2.24, 2.45) is 0 Å². The van der Waals surface area contributed by atoms with Gasteiger partial charge in [0.15, 0.2) is 6.34 Å². The molecular weight excluding hydrogens is 266 g/mol. The predicted octanol–water partition coefficient (Wildman–Crippen LogP) is 2.46. The highest BCUT2D eigenvalue weighted by Gasteiger charge is 2.44. The standard InChI is InChI=1S/C16H13N3O2/c1-2-21-16(20)10-6-7-13(17-8-10)19-9-18-12-5-3-4-11-14(12)15(11)19/h3-9,15H,2H2,1H3/p+1. The summed E-state index contributed by atoms with van der Waals surface area (Å²) in [4.78, 5) is 16.0. The van der Waals surface area contributed by atoms with Gasteiger partial charge in [-0.15, -0.1) is 4.98 Å². The molecule has 0 bridgehead atoms. The number of pyridine rings is 1. The van der Waals surface area contributed by atoms with E-state index in [2.05, 4.69) is 33.1 Å². The second-order valence-electron chi connectivity index (χ2n) is 5.02. The Hall–Kier alpha value is -2.69. The Morgan fingerprint density at radius 2 is 2.29 bits per heavy atom. The molecule has 1 aliphatic carbocycles. The average Bonchev–Trinajstić information content (AvgIpc) is 3.25. The molecule has 1 aromatic carbocycles. The van der Waals surface area contributed by atoms with Crippen molar-refractivity contribution in [3.8, 4) is 0 Å². The Balaban J connectivity index is 1.61. The SMILES string of the molecule is CCOC(=O)c1ccc([N+]2=CNc3cccc4c3C42)nc1. The number of benzene rings is 1. The van der Waals surface area contributed by atoms with E-state index in [0.29, 0.717) is 12.2 Å². The highest BCUT2D eigenvalue weighted by molar-refractivity contribution is 5.89. The molecule has 2 heterocycles. The van der Waals surface area contributed by atoms with Crippen molar-refractivity contribution in [3.63, 3.8) is 0 Å². The molecule has 1 N–H and O–H groups in total. The summed E-state index contributed by atoms with van der Waals surface area (Å²) in [6, 6.07) is 10.1. The van der Waals surface area contributed by atoms with Crippen LogP contribution in [0.5, 0.6) is 0 Å². The molecule has 0 fully saturated rings. The molecule has 0 amide bonds. The first-order valence-corrected chi connectivity index (χ1v) is 6.94. The summed E-state index contributed by atoms with van der Waals surface area (Å²) < 4.78 is 7.04. The number of carbonyl (C=O) groups is 1. The van der Waals surface area contributed by atoms with E-state index in [1.807, 2.05) is 12.4 Å². The zero-order chi connectivity index (χ0) is 14.4. The second kappa shape index (κ2) is 4.41. The molecule has 0 saturated carbocycles.